The van der Waals surface area contributed by atoms with Crippen LogP contribution < -0.4 is 0 Å². The van der Waals surface area contributed by atoms with Crippen molar-refractivity contribution < 1.29 is 27.9 Å². The molecule has 146 valence electrons. The summed E-state index contributed by atoms with van der Waals surface area (Å²) < 4.78 is 40.1. The maximum absolute atomic E-state index is 12.9. The van der Waals surface area contributed by atoms with Crippen molar-refractivity contribution in [1.29, 1.82) is 0 Å². The average molecular weight is 376 g/mol. The normalized spacial score (nSPS) is 23.5. The molecule has 3 atom stereocenters. The van der Waals surface area contributed by atoms with Crippen LogP contribution in [0.4, 0.5) is 13.2 Å². The number of carbonyl (C=O) groups excluding carboxylic acids is 2. The number of rotatable bonds is 3. The van der Waals surface area contributed by atoms with Gasteiger partial charge >= 0.3 is 6.18 Å². The Kier molecular flexibility index (Phi) is 5.36. The van der Waals surface area contributed by atoms with E-state index in [0.717, 1.165) is 4.90 Å². The number of piperidine rings is 1. The third-order valence-electron chi connectivity index (χ3n) is 4.89. The zero-order valence-corrected chi connectivity index (χ0v) is 15.1. The SMILES string of the molecule is C[C@@H]1CN(C(=O)C(C)(O)C(F)(F)F)CC[C@@H]1N(C)C(=O)c1cnn(C)c1. The van der Waals surface area contributed by atoms with Gasteiger partial charge in [-0.15, -0.1) is 0 Å². The highest BCUT2D eigenvalue weighted by molar-refractivity contribution is 5.93. The van der Waals surface area contributed by atoms with Crippen LogP contribution in [-0.2, 0) is 11.8 Å². The summed E-state index contributed by atoms with van der Waals surface area (Å²) in [5.41, 5.74) is -3.00. The standard InChI is InChI=1S/C16H23F3N4O3/c1-10-8-23(14(25)15(2,26)16(17,18)19)6-5-12(10)22(4)13(24)11-7-20-21(3)9-11/h7,9-10,12,26H,5-6,8H2,1-4H3/t10-,12+,15?/m1/s1. The smallest absolute Gasteiger partial charge is 0.373 e. The molecule has 0 aromatic carbocycles. The molecule has 7 nitrogen and oxygen atoms in total. The van der Waals surface area contributed by atoms with Crippen molar-refractivity contribution in [2.24, 2.45) is 13.0 Å². The summed E-state index contributed by atoms with van der Waals surface area (Å²) in [6.45, 7) is 2.29. The molecule has 1 fully saturated rings. The highest BCUT2D eigenvalue weighted by Crippen LogP contribution is 2.33. The average Bonchev–Trinajstić information content (AvgIpc) is 2.98. The van der Waals surface area contributed by atoms with Crippen molar-refractivity contribution in [2.75, 3.05) is 20.1 Å². The quantitative estimate of drug-likeness (QED) is 0.855. The lowest BCUT2D eigenvalue weighted by Crippen LogP contribution is -2.60. The molecule has 1 N–H and O–H groups in total. The maximum Gasteiger partial charge on any atom is 0.426 e. The minimum atomic E-state index is -5.04. The molecule has 2 rings (SSSR count). The summed E-state index contributed by atoms with van der Waals surface area (Å²) >= 11 is 0. The van der Waals surface area contributed by atoms with E-state index in [2.05, 4.69) is 5.10 Å². The number of aromatic nitrogens is 2. The van der Waals surface area contributed by atoms with Gasteiger partial charge in [-0.05, 0) is 19.3 Å². The van der Waals surface area contributed by atoms with Crippen molar-refractivity contribution in [3.8, 4) is 0 Å². The van der Waals surface area contributed by atoms with E-state index in [1.807, 2.05) is 0 Å². The fourth-order valence-corrected chi connectivity index (χ4v) is 3.21. The highest BCUT2D eigenvalue weighted by Gasteiger charge is 2.57. The Bertz CT molecular complexity index is 687. The largest absolute Gasteiger partial charge is 0.426 e. The molecule has 0 saturated carbocycles. The van der Waals surface area contributed by atoms with Crippen LogP contribution in [0.25, 0.3) is 0 Å². The Labute approximate surface area is 149 Å². The van der Waals surface area contributed by atoms with Gasteiger partial charge in [-0.2, -0.15) is 18.3 Å². The summed E-state index contributed by atoms with van der Waals surface area (Å²) in [4.78, 5) is 27.2. The van der Waals surface area contributed by atoms with Crippen molar-refractivity contribution >= 4 is 11.8 Å². The predicted molar refractivity (Wildman–Crippen MR) is 86.1 cm³/mol. The van der Waals surface area contributed by atoms with E-state index in [-0.39, 0.29) is 31.0 Å². The molecule has 1 saturated heterocycles. The Morgan fingerprint density at radius 1 is 1.38 bits per heavy atom. The summed E-state index contributed by atoms with van der Waals surface area (Å²) in [6.07, 6.45) is -1.69. The van der Waals surface area contributed by atoms with E-state index in [1.165, 1.54) is 15.8 Å². The van der Waals surface area contributed by atoms with Crippen LogP contribution in [0.15, 0.2) is 12.4 Å². The van der Waals surface area contributed by atoms with Gasteiger partial charge in [0.15, 0.2) is 0 Å². The molecule has 10 heteroatoms. The fraction of sp³-hybridized carbons (Fsp3) is 0.688. The molecule has 0 spiro atoms. The van der Waals surface area contributed by atoms with Gasteiger partial charge in [-0.1, -0.05) is 6.92 Å². The number of aryl methyl sites for hydroxylation is 1. The number of likely N-dealkylation sites (tertiary alicyclic amines) is 1. The van der Waals surface area contributed by atoms with Gasteiger partial charge in [0, 0.05) is 39.4 Å². The van der Waals surface area contributed by atoms with Crippen molar-refractivity contribution in [2.45, 2.75) is 38.1 Å². The molecular formula is C16H23F3N4O3. The molecule has 0 bridgehead atoms. The summed E-state index contributed by atoms with van der Waals surface area (Å²) in [6, 6.07) is -0.234. The first-order valence-corrected chi connectivity index (χ1v) is 8.20. The number of carbonyl (C=O) groups is 2. The van der Waals surface area contributed by atoms with Crippen LogP contribution in [-0.4, -0.2) is 74.5 Å². The first-order chi connectivity index (χ1) is 11.9. The molecule has 1 unspecified atom stereocenters. The van der Waals surface area contributed by atoms with E-state index in [0.29, 0.717) is 18.9 Å². The lowest BCUT2D eigenvalue weighted by molar-refractivity contribution is -0.251. The maximum atomic E-state index is 12.9. The molecule has 1 aliphatic rings. The van der Waals surface area contributed by atoms with Gasteiger partial charge in [0.2, 0.25) is 5.60 Å². The van der Waals surface area contributed by atoms with E-state index in [1.54, 1.807) is 27.2 Å². The predicted octanol–water partition coefficient (Wildman–Crippen LogP) is 1.04. The van der Waals surface area contributed by atoms with Gasteiger partial charge in [0.05, 0.1) is 11.8 Å². The number of alkyl halides is 3. The Balaban J connectivity index is 2.06. The van der Waals surface area contributed by atoms with Crippen LogP contribution in [0, 0.1) is 5.92 Å². The van der Waals surface area contributed by atoms with Gasteiger partial charge in [0.1, 0.15) is 0 Å². The zero-order chi connectivity index (χ0) is 19.9. The molecule has 1 aromatic heterocycles. The van der Waals surface area contributed by atoms with Crippen molar-refractivity contribution in [3.05, 3.63) is 18.0 Å². The number of hydrogen-bond acceptors (Lipinski definition) is 4. The Hall–Kier alpha value is -2.10. The number of hydrogen-bond donors (Lipinski definition) is 1. The number of nitrogens with zero attached hydrogens (tertiary/aromatic N) is 4. The fourth-order valence-electron chi connectivity index (χ4n) is 3.21. The van der Waals surface area contributed by atoms with Gasteiger partial charge in [-0.25, -0.2) is 0 Å². The number of amides is 2. The molecule has 26 heavy (non-hydrogen) atoms. The third kappa shape index (κ3) is 3.69. The first-order valence-electron chi connectivity index (χ1n) is 8.20. The van der Waals surface area contributed by atoms with Crippen molar-refractivity contribution in [3.63, 3.8) is 0 Å². The van der Waals surface area contributed by atoms with E-state index >= 15 is 0 Å². The minimum Gasteiger partial charge on any atom is -0.373 e. The van der Waals surface area contributed by atoms with Gasteiger partial charge in [0.25, 0.3) is 11.8 Å². The first kappa shape index (κ1) is 20.2. The minimum absolute atomic E-state index is 0.0282. The monoisotopic (exact) mass is 376 g/mol. The lowest BCUT2D eigenvalue weighted by atomic mass is 9.91. The van der Waals surface area contributed by atoms with Gasteiger partial charge in [-0.3, -0.25) is 14.3 Å². The van der Waals surface area contributed by atoms with Crippen molar-refractivity contribution in [1.82, 2.24) is 19.6 Å². The van der Waals surface area contributed by atoms with E-state index in [9.17, 15) is 27.9 Å². The Morgan fingerprint density at radius 2 is 2.00 bits per heavy atom. The lowest BCUT2D eigenvalue weighted by Gasteiger charge is -2.43. The molecule has 0 radical (unpaired) electrons. The Morgan fingerprint density at radius 3 is 2.46 bits per heavy atom. The summed E-state index contributed by atoms with van der Waals surface area (Å²) in [5, 5.41) is 13.5. The van der Waals surface area contributed by atoms with Crippen LogP contribution >= 0.6 is 0 Å². The topological polar surface area (TPSA) is 78.7 Å². The van der Waals surface area contributed by atoms with Crippen LogP contribution in [0.5, 0.6) is 0 Å². The second kappa shape index (κ2) is 6.90. The number of aliphatic hydroxyl groups is 1. The van der Waals surface area contributed by atoms with Crippen LogP contribution in [0.3, 0.4) is 0 Å². The van der Waals surface area contributed by atoms with Crippen LogP contribution in [0.2, 0.25) is 0 Å². The zero-order valence-electron chi connectivity index (χ0n) is 15.1. The molecule has 0 aliphatic carbocycles. The molecule has 1 aromatic rings. The summed E-state index contributed by atoms with van der Waals surface area (Å²) in [7, 11) is 3.32. The number of halogens is 3. The molecule has 2 heterocycles. The molecule has 2 amide bonds. The van der Waals surface area contributed by atoms with Crippen LogP contribution in [0.1, 0.15) is 30.6 Å². The van der Waals surface area contributed by atoms with Gasteiger partial charge < -0.3 is 14.9 Å². The highest BCUT2D eigenvalue weighted by atomic mass is 19.4. The summed E-state index contributed by atoms with van der Waals surface area (Å²) in [5.74, 6) is -1.85. The molecular weight excluding hydrogens is 353 g/mol. The van der Waals surface area contributed by atoms with E-state index in [4.69, 9.17) is 0 Å². The second-order valence-electron chi connectivity index (χ2n) is 6.97. The van der Waals surface area contributed by atoms with E-state index < -0.39 is 17.7 Å². The third-order valence-corrected chi connectivity index (χ3v) is 4.89. The molecule has 1 aliphatic heterocycles. The second-order valence-corrected chi connectivity index (χ2v) is 6.97.